The first-order valence-electron chi connectivity index (χ1n) is 7.20. The van der Waals surface area contributed by atoms with Crippen LogP contribution in [0.4, 0.5) is 0 Å². The first-order chi connectivity index (χ1) is 10.5. The van der Waals surface area contributed by atoms with E-state index in [2.05, 4.69) is 21.2 Å². The number of carbonyl (C=O) groups excluding carboxylic acids is 1. The van der Waals surface area contributed by atoms with Crippen molar-refractivity contribution in [1.82, 2.24) is 5.32 Å². The summed E-state index contributed by atoms with van der Waals surface area (Å²) < 4.78 is 6.64. The molecule has 0 bridgehead atoms. The monoisotopic (exact) mass is 361 g/mol. The molecule has 0 fully saturated rings. The molecule has 22 heavy (non-hydrogen) atoms. The molecule has 0 saturated heterocycles. The van der Waals surface area contributed by atoms with Gasteiger partial charge in [0.05, 0.1) is 6.04 Å². The second-order valence-electron chi connectivity index (χ2n) is 5.40. The van der Waals surface area contributed by atoms with Crippen molar-refractivity contribution >= 4 is 21.8 Å². The minimum Gasteiger partial charge on any atom is -0.483 e. The molecule has 0 aliphatic rings. The number of carbonyl (C=O) groups is 1. The Morgan fingerprint density at radius 3 is 2.55 bits per heavy atom. The highest BCUT2D eigenvalue weighted by Crippen LogP contribution is 2.19. The van der Waals surface area contributed by atoms with Crippen molar-refractivity contribution in [2.75, 3.05) is 6.61 Å². The van der Waals surface area contributed by atoms with E-state index >= 15 is 0 Å². The predicted molar refractivity (Wildman–Crippen MR) is 92.1 cm³/mol. The third-order valence-corrected chi connectivity index (χ3v) is 3.98. The molecule has 2 aromatic carbocycles. The topological polar surface area (TPSA) is 38.3 Å². The summed E-state index contributed by atoms with van der Waals surface area (Å²) in [6.45, 7) is 5.95. The minimum atomic E-state index is -0.128. The number of amides is 1. The lowest BCUT2D eigenvalue weighted by Gasteiger charge is -2.15. The van der Waals surface area contributed by atoms with Crippen LogP contribution in [0.15, 0.2) is 46.9 Å². The molecule has 3 nitrogen and oxygen atoms in total. The Bertz CT molecular complexity index is 653. The van der Waals surface area contributed by atoms with Gasteiger partial charge in [-0.05, 0) is 55.7 Å². The van der Waals surface area contributed by atoms with Crippen molar-refractivity contribution in [3.05, 3.63) is 63.6 Å². The lowest BCUT2D eigenvalue weighted by molar-refractivity contribution is -0.123. The Hall–Kier alpha value is -1.81. The molecule has 1 N–H and O–H groups in total. The number of halogens is 1. The van der Waals surface area contributed by atoms with Crippen LogP contribution in [0.25, 0.3) is 0 Å². The van der Waals surface area contributed by atoms with Gasteiger partial charge >= 0.3 is 0 Å². The van der Waals surface area contributed by atoms with Crippen LogP contribution in [0.1, 0.15) is 29.7 Å². The van der Waals surface area contributed by atoms with Crippen LogP contribution in [0, 0.1) is 13.8 Å². The van der Waals surface area contributed by atoms with E-state index in [1.807, 2.05) is 63.2 Å². The van der Waals surface area contributed by atoms with Crippen molar-refractivity contribution in [2.24, 2.45) is 0 Å². The van der Waals surface area contributed by atoms with Gasteiger partial charge in [0, 0.05) is 4.47 Å². The van der Waals surface area contributed by atoms with Gasteiger partial charge < -0.3 is 10.1 Å². The second-order valence-corrected chi connectivity index (χ2v) is 6.31. The Kier molecular flexibility index (Phi) is 5.61. The van der Waals surface area contributed by atoms with Crippen LogP contribution in [-0.2, 0) is 4.79 Å². The molecule has 0 heterocycles. The number of aryl methyl sites for hydroxylation is 2. The molecule has 0 aliphatic heterocycles. The molecule has 0 spiro atoms. The molecule has 1 amide bonds. The third-order valence-electron chi connectivity index (χ3n) is 3.45. The highest BCUT2D eigenvalue weighted by molar-refractivity contribution is 9.10. The van der Waals surface area contributed by atoms with E-state index < -0.39 is 0 Å². The van der Waals surface area contributed by atoms with Crippen molar-refractivity contribution in [3.63, 3.8) is 0 Å². The number of benzene rings is 2. The first-order valence-corrected chi connectivity index (χ1v) is 8.00. The lowest BCUT2D eigenvalue weighted by Crippen LogP contribution is -2.31. The van der Waals surface area contributed by atoms with Crippen LogP contribution in [0.3, 0.4) is 0 Å². The summed E-state index contributed by atoms with van der Waals surface area (Å²) in [6.07, 6.45) is 0. The molecular formula is C18H20BrNO2. The van der Waals surface area contributed by atoms with Crippen molar-refractivity contribution in [1.29, 1.82) is 0 Å². The van der Waals surface area contributed by atoms with Gasteiger partial charge in [-0.1, -0.05) is 40.2 Å². The van der Waals surface area contributed by atoms with Gasteiger partial charge in [0.15, 0.2) is 6.61 Å². The summed E-state index contributed by atoms with van der Waals surface area (Å²) in [4.78, 5) is 12.0. The van der Waals surface area contributed by atoms with E-state index in [0.717, 1.165) is 26.9 Å². The summed E-state index contributed by atoms with van der Waals surface area (Å²) in [5, 5.41) is 2.94. The van der Waals surface area contributed by atoms with E-state index in [4.69, 9.17) is 4.74 Å². The summed E-state index contributed by atoms with van der Waals surface area (Å²) >= 11 is 3.40. The lowest BCUT2D eigenvalue weighted by atomic mass is 10.1. The van der Waals surface area contributed by atoms with Crippen molar-refractivity contribution < 1.29 is 9.53 Å². The van der Waals surface area contributed by atoms with E-state index in [9.17, 15) is 4.79 Å². The maximum Gasteiger partial charge on any atom is 0.258 e. The van der Waals surface area contributed by atoms with E-state index in [-0.39, 0.29) is 18.6 Å². The molecule has 0 unspecified atom stereocenters. The van der Waals surface area contributed by atoms with Crippen LogP contribution < -0.4 is 10.1 Å². The van der Waals surface area contributed by atoms with Crippen LogP contribution in [0.2, 0.25) is 0 Å². The standard InChI is InChI=1S/C18H20BrNO2/c1-12-4-5-13(2)17(10-12)22-11-18(21)20-14(3)15-6-8-16(19)9-7-15/h4-10,14H,11H2,1-3H3,(H,20,21)/t14-/m1/s1. The van der Waals surface area contributed by atoms with Gasteiger partial charge in [0.25, 0.3) is 5.91 Å². The number of hydrogen-bond donors (Lipinski definition) is 1. The molecule has 2 aromatic rings. The fraction of sp³-hybridized carbons (Fsp3) is 0.278. The third kappa shape index (κ3) is 4.60. The summed E-state index contributed by atoms with van der Waals surface area (Å²) in [5.41, 5.74) is 3.20. The Morgan fingerprint density at radius 2 is 1.86 bits per heavy atom. The SMILES string of the molecule is Cc1ccc(C)c(OCC(=O)N[C@H](C)c2ccc(Br)cc2)c1. The number of hydrogen-bond acceptors (Lipinski definition) is 2. The molecule has 116 valence electrons. The fourth-order valence-electron chi connectivity index (χ4n) is 2.12. The zero-order valence-electron chi connectivity index (χ0n) is 13.0. The predicted octanol–water partition coefficient (Wildman–Crippen LogP) is 4.32. The van der Waals surface area contributed by atoms with Crippen molar-refractivity contribution in [2.45, 2.75) is 26.8 Å². The van der Waals surface area contributed by atoms with Gasteiger partial charge in [-0.25, -0.2) is 0 Å². The maximum absolute atomic E-state index is 12.0. The van der Waals surface area contributed by atoms with Crippen LogP contribution >= 0.6 is 15.9 Å². The highest BCUT2D eigenvalue weighted by Gasteiger charge is 2.10. The molecule has 0 aliphatic carbocycles. The summed E-state index contributed by atoms with van der Waals surface area (Å²) in [5.74, 6) is 0.628. The van der Waals surface area contributed by atoms with Gasteiger partial charge in [-0.2, -0.15) is 0 Å². The fourth-order valence-corrected chi connectivity index (χ4v) is 2.39. The molecule has 0 radical (unpaired) electrons. The smallest absolute Gasteiger partial charge is 0.258 e. The molecular weight excluding hydrogens is 342 g/mol. The van der Waals surface area contributed by atoms with Crippen molar-refractivity contribution in [3.8, 4) is 5.75 Å². The van der Waals surface area contributed by atoms with Crippen LogP contribution in [0.5, 0.6) is 5.75 Å². The van der Waals surface area contributed by atoms with Gasteiger partial charge in [-0.15, -0.1) is 0 Å². The highest BCUT2D eigenvalue weighted by atomic mass is 79.9. The normalized spacial score (nSPS) is 11.8. The molecule has 1 atom stereocenters. The average molecular weight is 362 g/mol. The largest absolute Gasteiger partial charge is 0.483 e. The van der Waals surface area contributed by atoms with E-state index in [1.54, 1.807) is 0 Å². The second kappa shape index (κ2) is 7.45. The minimum absolute atomic E-state index is 0.0190. The average Bonchev–Trinajstić information content (AvgIpc) is 2.49. The number of nitrogens with one attached hydrogen (secondary N) is 1. The maximum atomic E-state index is 12.0. The Labute approximate surface area is 139 Å². The van der Waals surface area contributed by atoms with Gasteiger partial charge in [0.1, 0.15) is 5.75 Å². The molecule has 0 saturated carbocycles. The number of ether oxygens (including phenoxy) is 1. The Morgan fingerprint density at radius 1 is 1.18 bits per heavy atom. The molecule has 4 heteroatoms. The molecule has 0 aromatic heterocycles. The van der Waals surface area contributed by atoms with Crippen LogP contribution in [-0.4, -0.2) is 12.5 Å². The Balaban J connectivity index is 1.90. The van der Waals surface area contributed by atoms with Gasteiger partial charge in [-0.3, -0.25) is 4.79 Å². The zero-order chi connectivity index (χ0) is 16.1. The van der Waals surface area contributed by atoms with E-state index in [1.165, 1.54) is 0 Å². The summed E-state index contributed by atoms with van der Waals surface area (Å²) in [7, 11) is 0. The summed E-state index contributed by atoms with van der Waals surface area (Å²) in [6, 6.07) is 13.8. The van der Waals surface area contributed by atoms with E-state index in [0.29, 0.717) is 0 Å². The van der Waals surface area contributed by atoms with Gasteiger partial charge in [0.2, 0.25) is 0 Å². The molecule has 2 rings (SSSR count). The number of rotatable bonds is 5. The quantitative estimate of drug-likeness (QED) is 0.860. The zero-order valence-corrected chi connectivity index (χ0v) is 14.6. The first kappa shape index (κ1) is 16.6.